The molecule has 1 unspecified atom stereocenters. The third-order valence-electron chi connectivity index (χ3n) is 6.01. The van der Waals surface area contributed by atoms with Crippen LogP contribution < -0.4 is 4.74 Å². The Balaban J connectivity index is 1.47. The number of amides is 1. The van der Waals surface area contributed by atoms with Gasteiger partial charge in [0.15, 0.2) is 5.60 Å². The van der Waals surface area contributed by atoms with Gasteiger partial charge in [-0.05, 0) is 48.6 Å². The van der Waals surface area contributed by atoms with Crippen LogP contribution in [0.1, 0.15) is 29.5 Å². The minimum Gasteiger partial charge on any atom is -0.497 e. The number of carbonyl (C=O) groups excluding carboxylic acids is 1. The van der Waals surface area contributed by atoms with E-state index in [9.17, 15) is 14.3 Å². The van der Waals surface area contributed by atoms with E-state index < -0.39 is 5.60 Å². The summed E-state index contributed by atoms with van der Waals surface area (Å²) in [5, 5.41) is 11.2. The minimum atomic E-state index is -1.43. The normalized spacial score (nSPS) is 22.4. The van der Waals surface area contributed by atoms with Crippen molar-refractivity contribution in [2.45, 2.75) is 38.0 Å². The number of aliphatic hydroxyl groups is 1. The molecule has 1 amide bonds. The highest BCUT2D eigenvalue weighted by Crippen LogP contribution is 2.29. The lowest BCUT2D eigenvalue weighted by Gasteiger charge is -2.42. The van der Waals surface area contributed by atoms with Crippen molar-refractivity contribution in [3.05, 3.63) is 65.0 Å². The Morgan fingerprint density at radius 3 is 2.76 bits per heavy atom. The zero-order valence-electron chi connectivity index (χ0n) is 16.7. The van der Waals surface area contributed by atoms with Crippen molar-refractivity contribution in [1.29, 1.82) is 0 Å². The largest absolute Gasteiger partial charge is 0.497 e. The van der Waals surface area contributed by atoms with Gasteiger partial charge in [0.1, 0.15) is 11.6 Å². The summed E-state index contributed by atoms with van der Waals surface area (Å²) in [6.07, 6.45) is 2.04. The van der Waals surface area contributed by atoms with Gasteiger partial charge < -0.3 is 14.7 Å². The maximum absolute atomic E-state index is 14.2. The molecule has 29 heavy (non-hydrogen) atoms. The number of methoxy groups -OCH3 is 1. The number of fused-ring (bicyclic) bond motifs is 1. The van der Waals surface area contributed by atoms with Gasteiger partial charge in [-0.2, -0.15) is 0 Å². The van der Waals surface area contributed by atoms with Crippen molar-refractivity contribution in [3.63, 3.8) is 0 Å². The molecule has 154 valence electrons. The van der Waals surface area contributed by atoms with E-state index in [2.05, 4.69) is 17.0 Å². The van der Waals surface area contributed by atoms with E-state index in [-0.39, 0.29) is 18.3 Å². The summed E-state index contributed by atoms with van der Waals surface area (Å²) in [4.78, 5) is 16.8. The lowest BCUT2D eigenvalue weighted by Crippen LogP contribution is -2.58. The molecule has 1 saturated heterocycles. The first kappa shape index (κ1) is 19.9. The summed E-state index contributed by atoms with van der Waals surface area (Å²) in [5.74, 6) is -0.140. The molecule has 2 aromatic carbocycles. The van der Waals surface area contributed by atoms with Crippen LogP contribution in [-0.2, 0) is 24.3 Å². The predicted octanol–water partition coefficient (Wildman–Crippen LogP) is 2.75. The van der Waals surface area contributed by atoms with Crippen LogP contribution in [0.4, 0.5) is 4.39 Å². The molecule has 0 spiro atoms. The second-order valence-electron chi connectivity index (χ2n) is 8.05. The first-order chi connectivity index (χ1) is 14.0. The molecular formula is C23H27FN2O3. The summed E-state index contributed by atoms with van der Waals surface area (Å²) in [5.41, 5.74) is 1.55. The molecule has 2 heterocycles. The second kappa shape index (κ2) is 8.13. The standard InChI is InChI=1S/C23H27FN2O3/c1-29-20-7-8-21(24)19(13-20)15-26-11-4-10-23(28,22(26)27)16-25-12-9-17-5-2-3-6-18(17)14-25/h2-3,5-8,13,28H,4,9-12,14-16H2,1H3. The van der Waals surface area contributed by atoms with Crippen molar-refractivity contribution in [3.8, 4) is 5.75 Å². The number of benzene rings is 2. The SMILES string of the molecule is COc1ccc(F)c(CN2CCCC(O)(CN3CCc4ccccc4C3)C2=O)c1. The number of nitrogens with zero attached hydrogens (tertiary/aromatic N) is 2. The molecule has 4 rings (SSSR count). The molecule has 1 fully saturated rings. The maximum Gasteiger partial charge on any atom is 0.256 e. The van der Waals surface area contributed by atoms with Gasteiger partial charge in [0.2, 0.25) is 0 Å². The molecule has 0 bridgehead atoms. The number of piperidine rings is 1. The number of rotatable bonds is 5. The first-order valence-corrected chi connectivity index (χ1v) is 10.1. The van der Waals surface area contributed by atoms with Gasteiger partial charge in [0, 0.05) is 38.3 Å². The lowest BCUT2D eigenvalue weighted by atomic mass is 9.89. The van der Waals surface area contributed by atoms with Crippen LogP contribution >= 0.6 is 0 Å². The number of likely N-dealkylation sites (tertiary alicyclic amines) is 1. The molecule has 2 aliphatic rings. The van der Waals surface area contributed by atoms with E-state index in [0.29, 0.717) is 37.2 Å². The summed E-state index contributed by atoms with van der Waals surface area (Å²) in [6, 6.07) is 12.8. The molecule has 0 radical (unpaired) electrons. The average molecular weight is 398 g/mol. The average Bonchev–Trinajstić information content (AvgIpc) is 2.73. The Hall–Kier alpha value is -2.44. The maximum atomic E-state index is 14.2. The zero-order chi connectivity index (χ0) is 20.4. The molecule has 6 heteroatoms. The number of β-amino-alcohol motifs (C(OH)–C–C–N with tert-alkyl or cyclic N) is 1. The molecule has 2 aromatic rings. The zero-order valence-corrected chi connectivity index (χ0v) is 16.7. The van der Waals surface area contributed by atoms with Crippen LogP contribution in [0, 0.1) is 5.82 Å². The van der Waals surface area contributed by atoms with Gasteiger partial charge in [0.25, 0.3) is 5.91 Å². The summed E-state index contributed by atoms with van der Waals surface area (Å²) >= 11 is 0. The number of carbonyl (C=O) groups is 1. The molecule has 0 saturated carbocycles. The molecule has 0 aliphatic carbocycles. The first-order valence-electron chi connectivity index (χ1n) is 10.1. The second-order valence-corrected chi connectivity index (χ2v) is 8.05. The van der Waals surface area contributed by atoms with Crippen LogP contribution in [0.3, 0.4) is 0 Å². The Morgan fingerprint density at radius 1 is 1.17 bits per heavy atom. The number of ether oxygens (including phenoxy) is 1. The van der Waals surface area contributed by atoms with E-state index in [4.69, 9.17) is 4.74 Å². The fourth-order valence-corrected chi connectivity index (χ4v) is 4.43. The smallest absolute Gasteiger partial charge is 0.256 e. The molecular weight excluding hydrogens is 371 g/mol. The van der Waals surface area contributed by atoms with E-state index in [1.807, 2.05) is 12.1 Å². The van der Waals surface area contributed by atoms with Crippen molar-refractivity contribution >= 4 is 5.91 Å². The van der Waals surface area contributed by atoms with Crippen LogP contribution in [-0.4, -0.2) is 53.2 Å². The van der Waals surface area contributed by atoms with Gasteiger partial charge >= 0.3 is 0 Å². The Kier molecular flexibility index (Phi) is 5.56. The Labute approximate surface area is 170 Å². The number of hydrogen-bond acceptors (Lipinski definition) is 4. The van der Waals surface area contributed by atoms with Gasteiger partial charge in [-0.3, -0.25) is 9.69 Å². The molecule has 2 aliphatic heterocycles. The number of hydrogen-bond donors (Lipinski definition) is 1. The van der Waals surface area contributed by atoms with Crippen LogP contribution in [0.25, 0.3) is 0 Å². The van der Waals surface area contributed by atoms with Crippen LogP contribution in [0.2, 0.25) is 0 Å². The van der Waals surface area contributed by atoms with E-state index in [1.54, 1.807) is 17.0 Å². The van der Waals surface area contributed by atoms with Gasteiger partial charge in [-0.1, -0.05) is 24.3 Å². The van der Waals surface area contributed by atoms with Crippen molar-refractivity contribution < 1.29 is 19.0 Å². The van der Waals surface area contributed by atoms with Crippen LogP contribution in [0.5, 0.6) is 5.75 Å². The summed E-state index contributed by atoms with van der Waals surface area (Å²) in [6.45, 7) is 2.50. The van der Waals surface area contributed by atoms with E-state index in [1.165, 1.54) is 24.3 Å². The molecule has 0 aromatic heterocycles. The minimum absolute atomic E-state index is 0.132. The number of halogens is 1. The van der Waals surface area contributed by atoms with Crippen molar-refractivity contribution in [2.75, 3.05) is 26.7 Å². The monoisotopic (exact) mass is 398 g/mol. The highest BCUT2D eigenvalue weighted by Gasteiger charge is 2.43. The summed E-state index contributed by atoms with van der Waals surface area (Å²) < 4.78 is 19.4. The fraction of sp³-hybridized carbons (Fsp3) is 0.435. The van der Waals surface area contributed by atoms with E-state index >= 15 is 0 Å². The lowest BCUT2D eigenvalue weighted by molar-refractivity contribution is -0.160. The third kappa shape index (κ3) is 4.14. The molecule has 5 nitrogen and oxygen atoms in total. The van der Waals surface area contributed by atoms with Crippen molar-refractivity contribution in [1.82, 2.24) is 9.80 Å². The third-order valence-corrected chi connectivity index (χ3v) is 6.01. The Morgan fingerprint density at radius 2 is 1.97 bits per heavy atom. The highest BCUT2D eigenvalue weighted by atomic mass is 19.1. The Bertz CT molecular complexity index is 903. The van der Waals surface area contributed by atoms with Crippen molar-refractivity contribution in [2.24, 2.45) is 0 Å². The molecule has 1 atom stereocenters. The van der Waals surface area contributed by atoms with Crippen LogP contribution in [0.15, 0.2) is 42.5 Å². The predicted molar refractivity (Wildman–Crippen MR) is 108 cm³/mol. The van der Waals surface area contributed by atoms with Gasteiger partial charge in [-0.25, -0.2) is 4.39 Å². The quantitative estimate of drug-likeness (QED) is 0.842. The van der Waals surface area contributed by atoms with Gasteiger partial charge in [-0.15, -0.1) is 0 Å². The highest BCUT2D eigenvalue weighted by molar-refractivity contribution is 5.86. The molecule has 1 N–H and O–H groups in total. The summed E-state index contributed by atoms with van der Waals surface area (Å²) in [7, 11) is 1.53. The van der Waals surface area contributed by atoms with E-state index in [0.717, 1.165) is 19.5 Å². The fourth-order valence-electron chi connectivity index (χ4n) is 4.43. The van der Waals surface area contributed by atoms with Gasteiger partial charge in [0.05, 0.1) is 7.11 Å². The topological polar surface area (TPSA) is 53.0 Å².